The Labute approximate surface area is 130 Å². The third-order valence-corrected chi connectivity index (χ3v) is 5.39. The average molecular weight is 357 g/mol. The minimum atomic E-state index is 0.339. The van der Waals surface area contributed by atoms with Crippen molar-refractivity contribution in [2.45, 2.75) is 23.8 Å². The van der Waals surface area contributed by atoms with E-state index in [1.807, 2.05) is 29.2 Å². The van der Waals surface area contributed by atoms with Gasteiger partial charge in [0.05, 0.1) is 0 Å². The van der Waals surface area contributed by atoms with Gasteiger partial charge in [-0.05, 0) is 42.5 Å². The molecule has 1 atom stereocenters. The van der Waals surface area contributed by atoms with Crippen LogP contribution < -0.4 is 11.3 Å². The maximum Gasteiger partial charge on any atom is 0.0308 e. The molecule has 0 saturated carbocycles. The summed E-state index contributed by atoms with van der Waals surface area (Å²) < 4.78 is 1.12. The van der Waals surface area contributed by atoms with Crippen LogP contribution in [-0.4, -0.2) is 11.8 Å². The molecule has 3 N–H and O–H groups in total. The minimum Gasteiger partial charge on any atom is -0.271 e. The number of rotatable bonds is 7. The molecule has 102 valence electrons. The summed E-state index contributed by atoms with van der Waals surface area (Å²) in [5.41, 5.74) is 2.92. The zero-order valence-corrected chi connectivity index (χ0v) is 13.7. The number of aryl methyl sites for hydroxylation is 1. The Bertz CT molecular complexity index is 488. The van der Waals surface area contributed by atoms with Crippen molar-refractivity contribution in [3.8, 4) is 0 Å². The largest absolute Gasteiger partial charge is 0.271 e. The molecule has 0 bridgehead atoms. The Morgan fingerprint density at radius 2 is 2.21 bits per heavy atom. The maximum atomic E-state index is 5.64. The first-order chi connectivity index (χ1) is 9.28. The van der Waals surface area contributed by atoms with Crippen molar-refractivity contribution in [1.82, 2.24) is 5.43 Å². The van der Waals surface area contributed by atoms with E-state index in [9.17, 15) is 0 Å². The highest BCUT2D eigenvalue weighted by Gasteiger charge is 2.08. The van der Waals surface area contributed by atoms with Crippen molar-refractivity contribution >= 4 is 39.0 Å². The van der Waals surface area contributed by atoms with Crippen molar-refractivity contribution in [2.75, 3.05) is 5.75 Å². The molecule has 19 heavy (non-hydrogen) atoms. The van der Waals surface area contributed by atoms with Gasteiger partial charge in [-0.3, -0.25) is 11.3 Å². The zero-order valence-electron chi connectivity index (χ0n) is 10.5. The van der Waals surface area contributed by atoms with Gasteiger partial charge in [0, 0.05) is 26.0 Å². The summed E-state index contributed by atoms with van der Waals surface area (Å²) in [7, 11) is 0. The molecule has 0 radical (unpaired) electrons. The second-order valence-electron chi connectivity index (χ2n) is 4.25. The van der Waals surface area contributed by atoms with E-state index in [-0.39, 0.29) is 0 Å². The van der Waals surface area contributed by atoms with E-state index in [4.69, 9.17) is 5.84 Å². The lowest BCUT2D eigenvalue weighted by Gasteiger charge is -2.15. The van der Waals surface area contributed by atoms with Crippen molar-refractivity contribution < 1.29 is 0 Å². The molecule has 5 heteroatoms. The van der Waals surface area contributed by atoms with Gasteiger partial charge in [-0.25, -0.2) is 0 Å². The van der Waals surface area contributed by atoms with Crippen molar-refractivity contribution in [2.24, 2.45) is 5.84 Å². The number of thiophene rings is 1. The Morgan fingerprint density at radius 1 is 1.32 bits per heavy atom. The van der Waals surface area contributed by atoms with E-state index in [1.54, 1.807) is 0 Å². The molecule has 1 aromatic carbocycles. The Hall–Kier alpha value is -0.330. The SMILES string of the molecule is NNC(CCc1cccs1)CSc1cccc(Br)c1. The normalized spacial score (nSPS) is 12.5. The number of benzene rings is 1. The van der Waals surface area contributed by atoms with Crippen molar-refractivity contribution in [3.05, 3.63) is 51.1 Å². The van der Waals surface area contributed by atoms with Gasteiger partial charge in [-0.15, -0.1) is 23.1 Å². The van der Waals surface area contributed by atoms with E-state index >= 15 is 0 Å². The molecule has 0 aliphatic rings. The van der Waals surface area contributed by atoms with Gasteiger partial charge in [0.15, 0.2) is 0 Å². The lowest BCUT2D eigenvalue weighted by molar-refractivity contribution is 0.541. The number of nitrogens with one attached hydrogen (secondary N) is 1. The molecule has 2 nitrogen and oxygen atoms in total. The van der Waals surface area contributed by atoms with Gasteiger partial charge in [-0.1, -0.05) is 28.1 Å². The average Bonchev–Trinajstić information content (AvgIpc) is 2.92. The van der Waals surface area contributed by atoms with Crippen molar-refractivity contribution in [1.29, 1.82) is 0 Å². The van der Waals surface area contributed by atoms with Crippen LogP contribution in [-0.2, 0) is 6.42 Å². The van der Waals surface area contributed by atoms with Gasteiger partial charge >= 0.3 is 0 Å². The van der Waals surface area contributed by atoms with Gasteiger partial charge in [0.1, 0.15) is 0 Å². The fraction of sp³-hybridized carbons (Fsp3) is 0.286. The minimum absolute atomic E-state index is 0.339. The van der Waals surface area contributed by atoms with E-state index in [2.05, 4.69) is 57.1 Å². The molecule has 0 aliphatic carbocycles. The monoisotopic (exact) mass is 356 g/mol. The molecular formula is C14H17BrN2S2. The summed E-state index contributed by atoms with van der Waals surface area (Å²) in [6.45, 7) is 0. The number of thioether (sulfide) groups is 1. The molecule has 0 amide bonds. The smallest absolute Gasteiger partial charge is 0.0308 e. The number of hydrogen-bond acceptors (Lipinski definition) is 4. The first-order valence-corrected chi connectivity index (χ1v) is 8.80. The van der Waals surface area contributed by atoms with Crippen LogP contribution in [0.2, 0.25) is 0 Å². The fourth-order valence-electron chi connectivity index (χ4n) is 1.74. The highest BCUT2D eigenvalue weighted by Crippen LogP contribution is 2.23. The second kappa shape index (κ2) is 8.07. The molecule has 2 aromatic rings. The Kier molecular flexibility index (Phi) is 6.40. The lowest BCUT2D eigenvalue weighted by Crippen LogP contribution is -2.37. The quantitative estimate of drug-likeness (QED) is 0.446. The molecule has 0 fully saturated rings. The molecule has 2 rings (SSSR count). The number of hydrogen-bond donors (Lipinski definition) is 2. The Balaban J connectivity index is 1.79. The van der Waals surface area contributed by atoms with Crippen LogP contribution >= 0.6 is 39.0 Å². The highest BCUT2D eigenvalue weighted by atomic mass is 79.9. The highest BCUT2D eigenvalue weighted by molar-refractivity contribution is 9.10. The van der Waals surface area contributed by atoms with Crippen LogP contribution in [0.15, 0.2) is 51.1 Å². The number of hydrazine groups is 1. The van der Waals surface area contributed by atoms with Crippen LogP contribution in [0.4, 0.5) is 0 Å². The molecule has 1 aromatic heterocycles. The zero-order chi connectivity index (χ0) is 13.5. The van der Waals surface area contributed by atoms with E-state index < -0.39 is 0 Å². The molecule has 0 aliphatic heterocycles. The first-order valence-electron chi connectivity index (χ1n) is 6.15. The molecule has 0 saturated heterocycles. The summed E-state index contributed by atoms with van der Waals surface area (Å²) >= 11 is 7.14. The predicted octanol–water partition coefficient (Wildman–Crippen LogP) is 4.07. The second-order valence-corrected chi connectivity index (χ2v) is 7.29. The summed E-state index contributed by atoms with van der Waals surface area (Å²) in [6.07, 6.45) is 2.16. The van der Waals surface area contributed by atoms with Crippen LogP contribution in [0.3, 0.4) is 0 Å². The maximum absolute atomic E-state index is 5.64. The van der Waals surface area contributed by atoms with Crippen LogP contribution in [0.1, 0.15) is 11.3 Å². The molecule has 1 heterocycles. The Morgan fingerprint density at radius 3 is 2.89 bits per heavy atom. The van der Waals surface area contributed by atoms with Gasteiger partial charge in [0.2, 0.25) is 0 Å². The van der Waals surface area contributed by atoms with Crippen LogP contribution in [0.5, 0.6) is 0 Å². The topological polar surface area (TPSA) is 38.0 Å². The predicted molar refractivity (Wildman–Crippen MR) is 88.6 cm³/mol. The van der Waals surface area contributed by atoms with E-state index in [0.29, 0.717) is 6.04 Å². The third kappa shape index (κ3) is 5.28. The van der Waals surface area contributed by atoms with Crippen LogP contribution in [0.25, 0.3) is 0 Å². The lowest BCUT2D eigenvalue weighted by atomic mass is 10.2. The fourth-order valence-corrected chi connectivity index (χ4v) is 4.06. The molecule has 1 unspecified atom stereocenters. The van der Waals surface area contributed by atoms with Gasteiger partial charge < -0.3 is 0 Å². The van der Waals surface area contributed by atoms with E-state index in [1.165, 1.54) is 9.77 Å². The first kappa shape index (κ1) is 15.1. The van der Waals surface area contributed by atoms with Crippen LogP contribution in [0, 0.1) is 0 Å². The summed E-state index contributed by atoms with van der Waals surface area (Å²) in [5.74, 6) is 6.62. The molecular weight excluding hydrogens is 340 g/mol. The van der Waals surface area contributed by atoms with E-state index in [0.717, 1.165) is 23.1 Å². The third-order valence-electron chi connectivity index (χ3n) is 2.80. The van der Waals surface area contributed by atoms with Crippen molar-refractivity contribution in [3.63, 3.8) is 0 Å². The summed E-state index contributed by atoms with van der Waals surface area (Å²) in [4.78, 5) is 2.69. The molecule has 0 spiro atoms. The standard InChI is InChI=1S/C14H17BrN2S2/c15-11-3-1-4-14(9-11)19-10-12(17-16)6-7-13-5-2-8-18-13/h1-5,8-9,12,17H,6-7,10,16H2. The van der Waals surface area contributed by atoms with Gasteiger partial charge in [-0.2, -0.15) is 0 Å². The summed E-state index contributed by atoms with van der Waals surface area (Å²) in [5, 5.41) is 2.12. The summed E-state index contributed by atoms with van der Waals surface area (Å²) in [6, 6.07) is 13.0. The number of nitrogens with two attached hydrogens (primary N) is 1. The number of halogens is 1. The van der Waals surface area contributed by atoms with Gasteiger partial charge in [0.25, 0.3) is 0 Å².